The number of nitrogens with one attached hydrogen (secondary N) is 1. The van der Waals surface area contributed by atoms with Crippen molar-refractivity contribution >= 4 is 23.3 Å². The predicted octanol–water partition coefficient (Wildman–Crippen LogP) is 4.14. The zero-order valence-electron chi connectivity index (χ0n) is 17.6. The second kappa shape index (κ2) is 8.84. The molecular formula is C25H21N5O2S. The first kappa shape index (κ1) is 20.8. The summed E-state index contributed by atoms with van der Waals surface area (Å²) >= 11 is 5.77. The Kier molecular flexibility index (Phi) is 5.58. The SMILES string of the molecule is O=C(O)c1ccc(-n2cccc2[C@@H]2[C@@H](c3ccccn3)NC(=S)N2Cc2ccncc2)cc1. The van der Waals surface area contributed by atoms with Crippen molar-refractivity contribution in [2.45, 2.75) is 18.6 Å². The largest absolute Gasteiger partial charge is 0.478 e. The number of aromatic nitrogens is 3. The molecule has 0 spiro atoms. The number of hydrogen-bond donors (Lipinski definition) is 2. The van der Waals surface area contributed by atoms with Crippen molar-refractivity contribution in [1.82, 2.24) is 24.8 Å². The molecule has 0 radical (unpaired) electrons. The van der Waals surface area contributed by atoms with Crippen LogP contribution in [0.3, 0.4) is 0 Å². The molecule has 1 saturated heterocycles. The number of benzene rings is 1. The van der Waals surface area contributed by atoms with Crippen molar-refractivity contribution in [2.24, 2.45) is 0 Å². The van der Waals surface area contributed by atoms with Gasteiger partial charge in [-0.25, -0.2) is 4.79 Å². The number of carboxylic acids is 1. The predicted molar refractivity (Wildman–Crippen MR) is 128 cm³/mol. The summed E-state index contributed by atoms with van der Waals surface area (Å²) in [5.74, 6) is -0.946. The van der Waals surface area contributed by atoms with Gasteiger partial charge >= 0.3 is 5.97 Å². The Morgan fingerprint density at radius 2 is 1.79 bits per heavy atom. The number of carboxylic acid groups (broad SMARTS) is 1. The highest BCUT2D eigenvalue weighted by Crippen LogP contribution is 2.40. The number of carbonyl (C=O) groups is 1. The van der Waals surface area contributed by atoms with E-state index in [1.807, 2.05) is 54.7 Å². The van der Waals surface area contributed by atoms with Gasteiger partial charge in [0.1, 0.15) is 0 Å². The normalized spacial score (nSPS) is 17.7. The van der Waals surface area contributed by atoms with Gasteiger partial charge in [-0.05, 0) is 78.4 Å². The second-order valence-corrected chi connectivity index (χ2v) is 8.15. The fraction of sp³-hybridized carbons (Fsp3) is 0.120. The Balaban J connectivity index is 1.58. The van der Waals surface area contributed by atoms with E-state index in [1.165, 1.54) is 0 Å². The third-order valence-electron chi connectivity index (χ3n) is 5.78. The van der Waals surface area contributed by atoms with Gasteiger partial charge in [0.15, 0.2) is 5.11 Å². The minimum Gasteiger partial charge on any atom is -0.478 e. The summed E-state index contributed by atoms with van der Waals surface area (Å²) in [7, 11) is 0. The highest BCUT2D eigenvalue weighted by Gasteiger charge is 2.41. The van der Waals surface area contributed by atoms with Crippen molar-refractivity contribution in [3.05, 3.63) is 114 Å². The lowest BCUT2D eigenvalue weighted by molar-refractivity contribution is 0.0697. The molecule has 2 N–H and O–H groups in total. The summed E-state index contributed by atoms with van der Waals surface area (Å²) in [4.78, 5) is 22.2. The molecule has 8 heteroatoms. The Hall–Kier alpha value is -4.04. The lowest BCUT2D eigenvalue weighted by atomic mass is 10.0. The highest BCUT2D eigenvalue weighted by atomic mass is 32.1. The average molecular weight is 456 g/mol. The van der Waals surface area contributed by atoms with Crippen molar-refractivity contribution in [2.75, 3.05) is 0 Å². The Morgan fingerprint density at radius 1 is 1.00 bits per heavy atom. The van der Waals surface area contributed by atoms with Crippen molar-refractivity contribution in [1.29, 1.82) is 0 Å². The molecule has 4 heterocycles. The number of aromatic carboxylic acids is 1. The minimum atomic E-state index is -0.946. The van der Waals surface area contributed by atoms with E-state index in [0.717, 1.165) is 22.6 Å². The summed E-state index contributed by atoms with van der Waals surface area (Å²) in [5.41, 5.74) is 4.15. The van der Waals surface area contributed by atoms with E-state index in [4.69, 9.17) is 12.2 Å². The highest BCUT2D eigenvalue weighted by molar-refractivity contribution is 7.80. The zero-order chi connectivity index (χ0) is 22.8. The molecule has 0 unspecified atom stereocenters. The van der Waals surface area contributed by atoms with Crippen LogP contribution >= 0.6 is 12.2 Å². The van der Waals surface area contributed by atoms with Crippen LogP contribution in [0.1, 0.15) is 39.4 Å². The second-order valence-electron chi connectivity index (χ2n) is 7.77. The van der Waals surface area contributed by atoms with Crippen LogP contribution in [0.5, 0.6) is 0 Å². The molecule has 33 heavy (non-hydrogen) atoms. The third kappa shape index (κ3) is 4.08. The van der Waals surface area contributed by atoms with E-state index in [2.05, 4.69) is 30.8 Å². The van der Waals surface area contributed by atoms with Gasteiger partial charge in [0.25, 0.3) is 0 Å². The number of rotatable bonds is 6. The van der Waals surface area contributed by atoms with Crippen molar-refractivity contribution in [3.8, 4) is 5.69 Å². The molecular weight excluding hydrogens is 434 g/mol. The maximum absolute atomic E-state index is 11.3. The van der Waals surface area contributed by atoms with Crippen LogP contribution in [-0.2, 0) is 6.54 Å². The van der Waals surface area contributed by atoms with Crippen LogP contribution < -0.4 is 5.32 Å². The fourth-order valence-electron chi connectivity index (χ4n) is 4.22. The molecule has 1 aliphatic heterocycles. The van der Waals surface area contributed by atoms with Crippen LogP contribution in [-0.4, -0.2) is 35.6 Å². The van der Waals surface area contributed by atoms with E-state index in [1.54, 1.807) is 30.7 Å². The lowest BCUT2D eigenvalue weighted by Gasteiger charge is -2.29. The average Bonchev–Trinajstić information content (AvgIpc) is 3.45. The summed E-state index contributed by atoms with van der Waals surface area (Å²) < 4.78 is 2.07. The van der Waals surface area contributed by atoms with Gasteiger partial charge in [0.2, 0.25) is 0 Å². The maximum Gasteiger partial charge on any atom is 0.335 e. The first-order valence-corrected chi connectivity index (χ1v) is 10.9. The van der Waals surface area contributed by atoms with Gasteiger partial charge in [-0.3, -0.25) is 9.97 Å². The van der Waals surface area contributed by atoms with Gasteiger partial charge < -0.3 is 19.9 Å². The topological polar surface area (TPSA) is 83.3 Å². The van der Waals surface area contributed by atoms with E-state index in [-0.39, 0.29) is 17.6 Å². The van der Waals surface area contributed by atoms with E-state index < -0.39 is 5.97 Å². The summed E-state index contributed by atoms with van der Waals surface area (Å²) in [6.45, 7) is 0.617. The summed E-state index contributed by atoms with van der Waals surface area (Å²) in [6.07, 6.45) is 7.32. The minimum absolute atomic E-state index is 0.130. The molecule has 0 amide bonds. The number of hydrogen-bond acceptors (Lipinski definition) is 4. The third-order valence-corrected chi connectivity index (χ3v) is 6.13. The Morgan fingerprint density at radius 3 is 2.48 bits per heavy atom. The quantitative estimate of drug-likeness (QED) is 0.423. The molecule has 1 fully saturated rings. The number of pyridine rings is 2. The standard InChI is InChI=1S/C25H21N5O2S/c31-24(32)18-6-8-19(9-7-18)29-15-3-5-21(29)23-22(20-4-1-2-12-27-20)28-25(33)30(23)16-17-10-13-26-14-11-17/h1-15,22-23H,16H2,(H,28,33)(H,31,32)/t22-,23-/m1/s1. The van der Waals surface area contributed by atoms with Gasteiger partial charge in [-0.2, -0.15) is 0 Å². The number of thiocarbonyl (C=S) groups is 1. The molecule has 164 valence electrons. The molecule has 7 nitrogen and oxygen atoms in total. The molecule has 1 aromatic carbocycles. The Bertz CT molecular complexity index is 1280. The lowest BCUT2D eigenvalue weighted by Crippen LogP contribution is -2.30. The zero-order valence-corrected chi connectivity index (χ0v) is 18.4. The first-order chi connectivity index (χ1) is 16.1. The maximum atomic E-state index is 11.3. The fourth-order valence-corrected chi connectivity index (χ4v) is 4.52. The van der Waals surface area contributed by atoms with Crippen LogP contribution in [0.15, 0.2) is 91.5 Å². The van der Waals surface area contributed by atoms with Crippen molar-refractivity contribution in [3.63, 3.8) is 0 Å². The molecule has 2 atom stereocenters. The first-order valence-electron chi connectivity index (χ1n) is 10.5. The molecule has 0 aliphatic carbocycles. The van der Waals surface area contributed by atoms with E-state index in [9.17, 15) is 9.90 Å². The van der Waals surface area contributed by atoms with E-state index >= 15 is 0 Å². The molecule has 0 bridgehead atoms. The number of nitrogens with zero attached hydrogens (tertiary/aromatic N) is 4. The van der Waals surface area contributed by atoms with Gasteiger partial charge in [-0.1, -0.05) is 6.07 Å². The smallest absolute Gasteiger partial charge is 0.335 e. The Labute approximate surface area is 196 Å². The molecule has 3 aromatic heterocycles. The van der Waals surface area contributed by atoms with Gasteiger partial charge in [0, 0.05) is 42.7 Å². The van der Waals surface area contributed by atoms with Crippen molar-refractivity contribution < 1.29 is 9.90 Å². The van der Waals surface area contributed by atoms with E-state index in [0.29, 0.717) is 11.7 Å². The molecule has 4 aromatic rings. The van der Waals surface area contributed by atoms with Crippen LogP contribution in [0.4, 0.5) is 0 Å². The van der Waals surface area contributed by atoms with Gasteiger partial charge in [0.05, 0.1) is 23.3 Å². The van der Waals surface area contributed by atoms with Crippen LogP contribution in [0, 0.1) is 0 Å². The molecule has 1 aliphatic rings. The molecule has 5 rings (SSSR count). The molecule has 0 saturated carbocycles. The monoisotopic (exact) mass is 455 g/mol. The van der Waals surface area contributed by atoms with Crippen LogP contribution in [0.25, 0.3) is 5.69 Å². The summed E-state index contributed by atoms with van der Waals surface area (Å²) in [6, 6.07) is 20.5. The van der Waals surface area contributed by atoms with Crippen LogP contribution in [0.2, 0.25) is 0 Å². The van der Waals surface area contributed by atoms with Gasteiger partial charge in [-0.15, -0.1) is 0 Å². The summed E-state index contributed by atoms with van der Waals surface area (Å²) in [5, 5.41) is 13.4.